The van der Waals surface area contributed by atoms with Crippen molar-refractivity contribution in [1.29, 1.82) is 0 Å². The third kappa shape index (κ3) is 12.3. The molecule has 1 rings (SSSR count). The number of rotatable bonds is 18. The Balaban J connectivity index is 2.71. The predicted octanol–water partition coefficient (Wildman–Crippen LogP) is 0.478. The minimum atomic E-state index is -5.08. The van der Waals surface area contributed by atoms with Crippen LogP contribution < -0.4 is 0 Å². The summed E-state index contributed by atoms with van der Waals surface area (Å²) < 4.78 is 32.3. The van der Waals surface area contributed by atoms with Crippen molar-refractivity contribution in [3.8, 4) is 0 Å². The Morgan fingerprint density at radius 2 is 1.43 bits per heavy atom. The maximum atomic E-state index is 12.4. The number of phosphoric ester groups is 1. The fourth-order valence-electron chi connectivity index (χ4n) is 3.57. The number of hydrogen-bond donors (Lipinski definition) is 6. The summed E-state index contributed by atoms with van der Waals surface area (Å²) in [5, 5.41) is 49.1. The molecule has 1 fully saturated rings. The molecular weight excluding hydrogens is 515 g/mol. The Labute approximate surface area is 216 Å². The van der Waals surface area contributed by atoms with Gasteiger partial charge in [0, 0.05) is 12.8 Å². The molecule has 1 aliphatic rings. The Morgan fingerprint density at radius 3 is 2.03 bits per heavy atom. The summed E-state index contributed by atoms with van der Waals surface area (Å²) in [6.45, 7) is 4.41. The van der Waals surface area contributed by atoms with Crippen molar-refractivity contribution < 1.29 is 63.1 Å². The van der Waals surface area contributed by atoms with Crippen LogP contribution in [-0.2, 0) is 32.7 Å². The first-order chi connectivity index (χ1) is 17.4. The number of aliphatic hydroxyl groups is 5. The second-order valence-electron chi connectivity index (χ2n) is 8.93. The molecule has 8 atom stereocenters. The molecule has 0 heterocycles. The van der Waals surface area contributed by atoms with Crippen molar-refractivity contribution >= 4 is 19.8 Å². The van der Waals surface area contributed by atoms with Crippen LogP contribution in [-0.4, -0.2) is 98.3 Å². The summed E-state index contributed by atoms with van der Waals surface area (Å²) in [7, 11) is -5.08. The van der Waals surface area contributed by atoms with Crippen LogP contribution in [0.25, 0.3) is 0 Å². The molecule has 0 amide bonds. The lowest BCUT2D eigenvalue weighted by atomic mass is 9.85. The molecule has 37 heavy (non-hydrogen) atoms. The molecule has 0 bridgehead atoms. The number of ether oxygens (including phenoxy) is 2. The minimum absolute atomic E-state index is 0.0136. The van der Waals surface area contributed by atoms with Gasteiger partial charge in [0.1, 0.15) is 43.2 Å². The molecule has 0 aromatic carbocycles. The lowest BCUT2D eigenvalue weighted by Crippen LogP contribution is -2.64. The van der Waals surface area contributed by atoms with Crippen molar-refractivity contribution in [2.24, 2.45) is 0 Å². The number of esters is 2. The molecule has 0 aliphatic heterocycles. The standard InChI is InChI=1S/C23H41O13P/c1-3-5-7-8-10-11-16(24)33-13-15(35-17(25)12-9-6-4-2)14-34-37(31,32)36-23-21(29)19(27)18(26)20(28)22(23)30/h4,15,18-23,26-30H,2-3,5-14H2,1H3,(H,31,32)/t15-,18?,19-,20+,21-,22-,23?/m1/s1. The van der Waals surface area contributed by atoms with Gasteiger partial charge in [-0.1, -0.05) is 38.7 Å². The van der Waals surface area contributed by atoms with Gasteiger partial charge < -0.3 is 39.9 Å². The lowest BCUT2D eigenvalue weighted by molar-refractivity contribution is -0.220. The second kappa shape index (κ2) is 17.2. The molecule has 14 heteroatoms. The third-order valence-electron chi connectivity index (χ3n) is 5.75. The molecule has 0 saturated heterocycles. The van der Waals surface area contributed by atoms with Gasteiger partial charge in [0.25, 0.3) is 0 Å². The molecule has 1 saturated carbocycles. The molecule has 216 valence electrons. The number of phosphoric acid groups is 1. The van der Waals surface area contributed by atoms with Crippen molar-refractivity contribution in [3.05, 3.63) is 12.7 Å². The Morgan fingerprint density at radius 1 is 0.865 bits per heavy atom. The SMILES string of the molecule is C=CCCCC(=O)O[C@H](COC(=O)CCCCCCC)COP(=O)(O)OC1[C@H](O)[C@H](O)C(O)[C@H](O)[C@H]1O. The fraction of sp³-hybridized carbons (Fsp3) is 0.826. The minimum Gasteiger partial charge on any atom is -0.462 e. The van der Waals surface area contributed by atoms with E-state index in [1.165, 1.54) is 0 Å². The molecule has 0 spiro atoms. The van der Waals surface area contributed by atoms with Gasteiger partial charge in [-0.05, 0) is 19.3 Å². The maximum absolute atomic E-state index is 12.4. The molecule has 1 aliphatic carbocycles. The number of unbranched alkanes of at least 4 members (excludes halogenated alkanes) is 5. The number of allylic oxidation sites excluding steroid dienone is 1. The van der Waals surface area contributed by atoms with Gasteiger partial charge in [-0.3, -0.25) is 18.6 Å². The van der Waals surface area contributed by atoms with Gasteiger partial charge in [-0.25, -0.2) is 4.57 Å². The van der Waals surface area contributed by atoms with E-state index in [0.717, 1.165) is 25.7 Å². The van der Waals surface area contributed by atoms with Crippen molar-refractivity contribution in [3.63, 3.8) is 0 Å². The molecular formula is C23H41O13P. The third-order valence-corrected chi connectivity index (χ3v) is 6.74. The van der Waals surface area contributed by atoms with E-state index in [-0.39, 0.29) is 12.8 Å². The second-order valence-corrected chi connectivity index (χ2v) is 10.3. The van der Waals surface area contributed by atoms with Gasteiger partial charge in [-0.2, -0.15) is 0 Å². The maximum Gasteiger partial charge on any atom is 0.472 e. The predicted molar refractivity (Wildman–Crippen MR) is 129 cm³/mol. The summed E-state index contributed by atoms with van der Waals surface area (Å²) in [6.07, 6.45) is -5.82. The first-order valence-electron chi connectivity index (χ1n) is 12.5. The number of hydrogen-bond acceptors (Lipinski definition) is 12. The van der Waals surface area contributed by atoms with Crippen LogP contribution in [0.15, 0.2) is 12.7 Å². The van der Waals surface area contributed by atoms with E-state index >= 15 is 0 Å². The van der Waals surface area contributed by atoms with Crippen LogP contribution in [0.3, 0.4) is 0 Å². The average Bonchev–Trinajstić information content (AvgIpc) is 2.86. The Hall–Kier alpha value is -1.41. The normalized spacial score (nSPS) is 28.2. The smallest absolute Gasteiger partial charge is 0.462 e. The molecule has 0 aromatic rings. The van der Waals surface area contributed by atoms with E-state index < -0.39 is 75.7 Å². The zero-order valence-corrected chi connectivity index (χ0v) is 22.0. The van der Waals surface area contributed by atoms with Gasteiger partial charge >= 0.3 is 19.8 Å². The van der Waals surface area contributed by atoms with Gasteiger partial charge in [-0.15, -0.1) is 6.58 Å². The van der Waals surface area contributed by atoms with Crippen LogP contribution in [0.1, 0.15) is 64.7 Å². The fourth-order valence-corrected chi connectivity index (χ4v) is 4.54. The highest BCUT2D eigenvalue weighted by Crippen LogP contribution is 2.47. The molecule has 13 nitrogen and oxygen atoms in total. The highest BCUT2D eigenvalue weighted by molar-refractivity contribution is 7.47. The van der Waals surface area contributed by atoms with E-state index in [2.05, 4.69) is 13.5 Å². The van der Waals surface area contributed by atoms with E-state index in [1.807, 2.05) is 0 Å². The van der Waals surface area contributed by atoms with E-state index in [1.54, 1.807) is 6.08 Å². The van der Waals surface area contributed by atoms with Crippen molar-refractivity contribution in [2.75, 3.05) is 13.2 Å². The van der Waals surface area contributed by atoms with Gasteiger partial charge in [0.15, 0.2) is 6.10 Å². The zero-order chi connectivity index (χ0) is 28.0. The number of carbonyl (C=O) groups excluding carboxylic acids is 2. The summed E-state index contributed by atoms with van der Waals surface area (Å²) >= 11 is 0. The highest BCUT2D eigenvalue weighted by Gasteiger charge is 2.51. The lowest BCUT2D eigenvalue weighted by Gasteiger charge is -2.41. The quantitative estimate of drug-likeness (QED) is 0.0588. The largest absolute Gasteiger partial charge is 0.472 e. The summed E-state index contributed by atoms with van der Waals surface area (Å²) in [6, 6.07) is 0. The van der Waals surface area contributed by atoms with Gasteiger partial charge in [0.2, 0.25) is 0 Å². The van der Waals surface area contributed by atoms with Crippen LogP contribution >= 0.6 is 7.82 Å². The Kier molecular flexibility index (Phi) is 15.7. The summed E-state index contributed by atoms with van der Waals surface area (Å²) in [5.41, 5.74) is 0. The summed E-state index contributed by atoms with van der Waals surface area (Å²) in [5.74, 6) is -1.21. The number of aliphatic hydroxyl groups excluding tert-OH is 5. The monoisotopic (exact) mass is 556 g/mol. The van der Waals surface area contributed by atoms with Crippen molar-refractivity contribution in [2.45, 2.75) is 107 Å². The van der Waals surface area contributed by atoms with E-state index in [4.69, 9.17) is 18.5 Å². The van der Waals surface area contributed by atoms with Crippen LogP contribution in [0.5, 0.6) is 0 Å². The zero-order valence-electron chi connectivity index (χ0n) is 21.1. The van der Waals surface area contributed by atoms with Crippen LogP contribution in [0.4, 0.5) is 0 Å². The van der Waals surface area contributed by atoms with E-state index in [9.17, 15) is 44.6 Å². The van der Waals surface area contributed by atoms with Crippen molar-refractivity contribution in [1.82, 2.24) is 0 Å². The molecule has 6 N–H and O–H groups in total. The molecule has 0 radical (unpaired) electrons. The topological polar surface area (TPSA) is 210 Å². The van der Waals surface area contributed by atoms with Gasteiger partial charge in [0.05, 0.1) is 6.61 Å². The first kappa shape index (κ1) is 33.6. The summed E-state index contributed by atoms with van der Waals surface area (Å²) in [4.78, 5) is 34.2. The highest BCUT2D eigenvalue weighted by atomic mass is 31.2. The molecule has 3 unspecified atom stereocenters. The first-order valence-corrected chi connectivity index (χ1v) is 13.9. The van der Waals surface area contributed by atoms with Crippen LogP contribution in [0.2, 0.25) is 0 Å². The number of carbonyl (C=O) groups is 2. The van der Waals surface area contributed by atoms with Crippen LogP contribution in [0, 0.1) is 0 Å². The Bertz CT molecular complexity index is 732. The molecule has 0 aromatic heterocycles. The van der Waals surface area contributed by atoms with E-state index in [0.29, 0.717) is 19.3 Å². The average molecular weight is 557 g/mol.